The number of benzene rings is 1. The van der Waals surface area contributed by atoms with Crippen LogP contribution < -0.4 is 5.32 Å². The van der Waals surface area contributed by atoms with Crippen molar-refractivity contribution in [2.24, 2.45) is 0 Å². The van der Waals surface area contributed by atoms with E-state index in [0.29, 0.717) is 25.0 Å². The molecule has 0 amide bonds. The molecule has 1 aromatic carbocycles. The molecule has 0 aromatic heterocycles. The first-order valence-electron chi connectivity index (χ1n) is 8.62. The highest BCUT2D eigenvalue weighted by atomic mass is 19.3. The Bertz CT molecular complexity index is 495. The van der Waals surface area contributed by atoms with E-state index in [1.54, 1.807) is 0 Å². The zero-order chi connectivity index (χ0) is 16.2. The maximum atomic E-state index is 13.2. The SMILES string of the molecule is FC(F)C(F)CN1CCC(c2ccccc2C2CCCN2)CC1. The van der Waals surface area contributed by atoms with Gasteiger partial charge in [-0.3, -0.25) is 0 Å². The fourth-order valence-corrected chi connectivity index (χ4v) is 3.90. The minimum atomic E-state index is -2.87. The van der Waals surface area contributed by atoms with Crippen LogP contribution in [0.4, 0.5) is 13.2 Å². The van der Waals surface area contributed by atoms with Crippen LogP contribution in [-0.2, 0) is 0 Å². The summed E-state index contributed by atoms with van der Waals surface area (Å²) < 4.78 is 37.9. The quantitative estimate of drug-likeness (QED) is 0.883. The third-order valence-corrected chi connectivity index (χ3v) is 5.17. The van der Waals surface area contributed by atoms with Crippen LogP contribution in [0, 0.1) is 0 Å². The van der Waals surface area contributed by atoms with E-state index in [-0.39, 0.29) is 6.54 Å². The van der Waals surface area contributed by atoms with Gasteiger partial charge in [-0.05, 0) is 62.4 Å². The van der Waals surface area contributed by atoms with Gasteiger partial charge < -0.3 is 10.2 Å². The maximum absolute atomic E-state index is 13.2. The molecule has 2 aliphatic rings. The molecule has 3 rings (SSSR count). The van der Waals surface area contributed by atoms with E-state index in [1.807, 2.05) is 4.90 Å². The minimum Gasteiger partial charge on any atom is -0.310 e. The van der Waals surface area contributed by atoms with Crippen LogP contribution in [0.25, 0.3) is 0 Å². The van der Waals surface area contributed by atoms with Gasteiger partial charge in [0, 0.05) is 12.6 Å². The normalized spacial score (nSPS) is 25.1. The third kappa shape index (κ3) is 4.07. The second-order valence-electron chi connectivity index (χ2n) is 6.70. The van der Waals surface area contributed by atoms with Crippen molar-refractivity contribution in [1.29, 1.82) is 0 Å². The summed E-state index contributed by atoms with van der Waals surface area (Å²) in [7, 11) is 0. The summed E-state index contributed by atoms with van der Waals surface area (Å²) in [6.07, 6.45) is -0.681. The molecule has 0 bridgehead atoms. The number of hydrogen-bond acceptors (Lipinski definition) is 2. The van der Waals surface area contributed by atoms with E-state index in [9.17, 15) is 13.2 Å². The molecular formula is C18H25F3N2. The predicted molar refractivity (Wildman–Crippen MR) is 85.7 cm³/mol. The molecule has 2 nitrogen and oxygen atoms in total. The fourth-order valence-electron chi connectivity index (χ4n) is 3.90. The zero-order valence-corrected chi connectivity index (χ0v) is 13.4. The smallest absolute Gasteiger partial charge is 0.270 e. The molecule has 1 aromatic rings. The second-order valence-corrected chi connectivity index (χ2v) is 6.70. The molecule has 0 aliphatic carbocycles. The molecule has 2 atom stereocenters. The number of alkyl halides is 3. The van der Waals surface area contributed by atoms with Gasteiger partial charge in [-0.25, -0.2) is 13.2 Å². The molecule has 5 heteroatoms. The van der Waals surface area contributed by atoms with E-state index < -0.39 is 12.6 Å². The van der Waals surface area contributed by atoms with Crippen LogP contribution in [-0.4, -0.2) is 43.7 Å². The van der Waals surface area contributed by atoms with E-state index in [4.69, 9.17) is 0 Å². The van der Waals surface area contributed by atoms with Crippen molar-refractivity contribution in [2.45, 2.75) is 50.2 Å². The first kappa shape index (κ1) is 16.8. The Morgan fingerprint density at radius 1 is 1.04 bits per heavy atom. The molecule has 2 fully saturated rings. The van der Waals surface area contributed by atoms with Crippen molar-refractivity contribution in [2.75, 3.05) is 26.2 Å². The highest BCUT2D eigenvalue weighted by Crippen LogP contribution is 2.35. The Hall–Kier alpha value is -1.07. The topological polar surface area (TPSA) is 15.3 Å². The summed E-state index contributed by atoms with van der Waals surface area (Å²) >= 11 is 0. The number of likely N-dealkylation sites (tertiary alicyclic amines) is 1. The number of nitrogens with one attached hydrogen (secondary N) is 1. The number of hydrogen-bond donors (Lipinski definition) is 1. The van der Waals surface area contributed by atoms with Gasteiger partial charge in [-0.1, -0.05) is 24.3 Å². The molecule has 2 saturated heterocycles. The van der Waals surface area contributed by atoms with Crippen molar-refractivity contribution in [3.05, 3.63) is 35.4 Å². The van der Waals surface area contributed by atoms with Gasteiger partial charge in [0.15, 0.2) is 6.17 Å². The molecule has 2 heterocycles. The Morgan fingerprint density at radius 2 is 1.74 bits per heavy atom. The van der Waals surface area contributed by atoms with Crippen LogP contribution >= 0.6 is 0 Å². The lowest BCUT2D eigenvalue weighted by Gasteiger charge is -2.34. The van der Waals surface area contributed by atoms with E-state index in [0.717, 1.165) is 19.4 Å². The molecule has 0 spiro atoms. The van der Waals surface area contributed by atoms with Crippen LogP contribution in [0.15, 0.2) is 24.3 Å². The third-order valence-electron chi connectivity index (χ3n) is 5.17. The van der Waals surface area contributed by atoms with Gasteiger partial charge in [-0.15, -0.1) is 0 Å². The van der Waals surface area contributed by atoms with Crippen molar-refractivity contribution in [3.8, 4) is 0 Å². The molecule has 23 heavy (non-hydrogen) atoms. The van der Waals surface area contributed by atoms with Crippen LogP contribution in [0.3, 0.4) is 0 Å². The summed E-state index contributed by atoms with van der Waals surface area (Å²) in [5, 5.41) is 3.56. The summed E-state index contributed by atoms with van der Waals surface area (Å²) in [6.45, 7) is 2.33. The zero-order valence-electron chi connectivity index (χ0n) is 13.4. The Kier molecular flexibility index (Phi) is 5.59. The lowest BCUT2D eigenvalue weighted by atomic mass is 9.84. The largest absolute Gasteiger partial charge is 0.310 e. The summed E-state index contributed by atoms with van der Waals surface area (Å²) in [5.41, 5.74) is 2.77. The average Bonchev–Trinajstić information content (AvgIpc) is 3.10. The highest BCUT2D eigenvalue weighted by Gasteiger charge is 2.28. The van der Waals surface area contributed by atoms with Gasteiger partial charge >= 0.3 is 0 Å². The Morgan fingerprint density at radius 3 is 2.35 bits per heavy atom. The minimum absolute atomic E-state index is 0.143. The van der Waals surface area contributed by atoms with Crippen molar-refractivity contribution in [3.63, 3.8) is 0 Å². The molecular weight excluding hydrogens is 301 g/mol. The van der Waals surface area contributed by atoms with Crippen molar-refractivity contribution >= 4 is 0 Å². The van der Waals surface area contributed by atoms with Crippen LogP contribution in [0.2, 0.25) is 0 Å². The number of nitrogens with zero attached hydrogens (tertiary/aromatic N) is 1. The first-order valence-corrected chi connectivity index (χ1v) is 8.62. The van der Waals surface area contributed by atoms with Gasteiger partial charge in [-0.2, -0.15) is 0 Å². The van der Waals surface area contributed by atoms with Crippen molar-refractivity contribution in [1.82, 2.24) is 10.2 Å². The first-order chi connectivity index (χ1) is 11.1. The van der Waals surface area contributed by atoms with E-state index in [2.05, 4.69) is 29.6 Å². The molecule has 1 N–H and O–H groups in total. The average molecular weight is 326 g/mol. The Balaban J connectivity index is 1.62. The summed E-state index contributed by atoms with van der Waals surface area (Å²) in [4.78, 5) is 1.84. The van der Waals surface area contributed by atoms with Gasteiger partial charge in [0.25, 0.3) is 6.43 Å². The lowest BCUT2D eigenvalue weighted by Crippen LogP contribution is -2.39. The molecule has 2 unspecified atom stereocenters. The standard InChI is InChI=1S/C18H25F3N2/c19-16(18(20)21)12-23-10-7-13(8-11-23)14-4-1-2-5-15(14)17-6-3-9-22-17/h1-2,4-5,13,16-18,22H,3,6-12H2. The second kappa shape index (κ2) is 7.67. The Labute approximate surface area is 136 Å². The molecule has 0 saturated carbocycles. The maximum Gasteiger partial charge on any atom is 0.270 e. The number of piperidine rings is 1. The molecule has 2 aliphatic heterocycles. The van der Waals surface area contributed by atoms with Gasteiger partial charge in [0.05, 0.1) is 0 Å². The highest BCUT2D eigenvalue weighted by molar-refractivity contribution is 5.34. The fraction of sp³-hybridized carbons (Fsp3) is 0.667. The van der Waals surface area contributed by atoms with Crippen LogP contribution in [0.1, 0.15) is 48.8 Å². The number of halogens is 3. The lowest BCUT2D eigenvalue weighted by molar-refractivity contribution is 0.0230. The number of rotatable bonds is 5. The monoisotopic (exact) mass is 326 g/mol. The molecule has 0 radical (unpaired) electrons. The van der Waals surface area contributed by atoms with Gasteiger partial charge in [0.2, 0.25) is 0 Å². The molecule has 128 valence electrons. The van der Waals surface area contributed by atoms with E-state index in [1.165, 1.54) is 24.0 Å². The van der Waals surface area contributed by atoms with Crippen molar-refractivity contribution < 1.29 is 13.2 Å². The summed E-state index contributed by atoms with van der Waals surface area (Å²) in [5.74, 6) is 0.453. The van der Waals surface area contributed by atoms with Gasteiger partial charge in [0.1, 0.15) is 0 Å². The van der Waals surface area contributed by atoms with Crippen LogP contribution in [0.5, 0.6) is 0 Å². The van der Waals surface area contributed by atoms with E-state index >= 15 is 0 Å². The summed E-state index contributed by atoms with van der Waals surface area (Å²) in [6, 6.07) is 9.02. The predicted octanol–water partition coefficient (Wildman–Crippen LogP) is 3.89.